The molecule has 0 saturated carbocycles. The molecule has 0 aliphatic carbocycles. The number of fused-ring (bicyclic) bond motifs is 1. The fourth-order valence-electron chi connectivity index (χ4n) is 2.79. The standard InChI is InChI=1S/C10H17N6O13P3/c11-9-14-7-6(8(18)15-9)13-3-16(7)10(12)1-4(17)5(27-10)2-26-31(22,23)29-32(24,25)28-30(19,20)21/h3-5,17H,1-2,12H2,(H,22,23)(H,24,25)(H2,19,20,21)(H3,11,14,15,18)/t4-,5+,10-/m0/s1. The number of anilines is 1. The molecule has 2 unspecified atom stereocenters. The number of nitrogens with two attached hydrogens (primary N) is 2. The molecular weight excluding hydrogens is 505 g/mol. The van der Waals surface area contributed by atoms with Crippen LogP contribution in [0.4, 0.5) is 5.95 Å². The van der Waals surface area contributed by atoms with Gasteiger partial charge in [0.25, 0.3) is 5.56 Å². The zero-order valence-corrected chi connectivity index (χ0v) is 18.2. The minimum absolute atomic E-state index is 0.0884. The van der Waals surface area contributed by atoms with Crippen molar-refractivity contribution < 1.29 is 56.3 Å². The fraction of sp³-hybridized carbons (Fsp3) is 0.500. The third kappa shape index (κ3) is 5.67. The molecule has 2 aromatic heterocycles. The smallest absolute Gasteiger partial charge is 0.390 e. The first-order valence-corrected chi connectivity index (χ1v) is 12.7. The van der Waals surface area contributed by atoms with E-state index in [2.05, 4.69) is 28.1 Å². The molecule has 32 heavy (non-hydrogen) atoms. The summed E-state index contributed by atoms with van der Waals surface area (Å²) in [5.41, 5.74) is 10.7. The van der Waals surface area contributed by atoms with Gasteiger partial charge in [-0.15, -0.1) is 0 Å². The molecule has 0 spiro atoms. The predicted octanol–water partition coefficient (Wildman–Crippen LogP) is -2.24. The Labute approximate surface area is 176 Å². The van der Waals surface area contributed by atoms with Gasteiger partial charge in [0.05, 0.1) is 12.7 Å². The summed E-state index contributed by atoms with van der Waals surface area (Å²) in [6.45, 7) is -0.938. The molecule has 19 nitrogen and oxygen atoms in total. The Bertz CT molecular complexity index is 1220. The first-order chi connectivity index (χ1) is 14.5. The molecule has 0 amide bonds. The van der Waals surface area contributed by atoms with Gasteiger partial charge in [-0.25, -0.2) is 18.7 Å². The van der Waals surface area contributed by atoms with Gasteiger partial charge in [0.2, 0.25) is 11.8 Å². The van der Waals surface area contributed by atoms with Crippen LogP contribution in [0.5, 0.6) is 0 Å². The molecule has 5 atom stereocenters. The van der Waals surface area contributed by atoms with Crippen LogP contribution in [0, 0.1) is 0 Å². The number of phosphoric acid groups is 3. The van der Waals surface area contributed by atoms with Crippen LogP contribution in [0.15, 0.2) is 11.1 Å². The van der Waals surface area contributed by atoms with Gasteiger partial charge in [-0.2, -0.15) is 13.6 Å². The Morgan fingerprint density at radius 2 is 1.91 bits per heavy atom. The molecule has 1 saturated heterocycles. The average Bonchev–Trinajstić information content (AvgIpc) is 3.11. The maximum absolute atomic E-state index is 11.9. The van der Waals surface area contributed by atoms with Crippen LogP contribution in [-0.2, 0) is 37.4 Å². The van der Waals surface area contributed by atoms with E-state index in [0.29, 0.717) is 0 Å². The number of ether oxygens (including phenoxy) is 1. The molecule has 3 heterocycles. The van der Waals surface area contributed by atoms with Gasteiger partial charge in [0, 0.05) is 6.42 Å². The van der Waals surface area contributed by atoms with Crippen molar-refractivity contribution in [1.29, 1.82) is 0 Å². The highest BCUT2D eigenvalue weighted by Crippen LogP contribution is 2.66. The van der Waals surface area contributed by atoms with E-state index in [1.807, 2.05) is 0 Å². The second-order valence-corrected chi connectivity index (χ2v) is 10.8. The normalized spacial score (nSPS) is 27.9. The highest BCUT2D eigenvalue weighted by Gasteiger charge is 2.48. The molecule has 180 valence electrons. The number of hydrogen-bond acceptors (Lipinski definition) is 13. The van der Waals surface area contributed by atoms with Crippen LogP contribution in [-0.4, -0.2) is 63.0 Å². The van der Waals surface area contributed by atoms with E-state index in [0.717, 1.165) is 10.9 Å². The van der Waals surface area contributed by atoms with Crippen molar-refractivity contribution in [2.45, 2.75) is 24.5 Å². The van der Waals surface area contributed by atoms with Crippen LogP contribution in [0.3, 0.4) is 0 Å². The van der Waals surface area contributed by atoms with E-state index >= 15 is 0 Å². The third-order valence-electron chi connectivity index (χ3n) is 3.94. The molecule has 10 N–H and O–H groups in total. The number of aliphatic hydroxyl groups excluding tert-OH is 1. The van der Waals surface area contributed by atoms with Crippen molar-refractivity contribution in [1.82, 2.24) is 19.5 Å². The van der Waals surface area contributed by atoms with Crippen LogP contribution >= 0.6 is 23.5 Å². The number of nitrogens with one attached hydrogen (secondary N) is 1. The first kappa shape index (κ1) is 25.1. The van der Waals surface area contributed by atoms with Crippen LogP contribution < -0.4 is 17.0 Å². The van der Waals surface area contributed by atoms with Gasteiger partial charge < -0.3 is 35.2 Å². The number of rotatable bonds is 8. The summed E-state index contributed by atoms with van der Waals surface area (Å²) in [6, 6.07) is 0. The van der Waals surface area contributed by atoms with Gasteiger partial charge in [-0.05, 0) is 0 Å². The monoisotopic (exact) mass is 522 g/mol. The molecule has 1 fully saturated rings. The number of nitrogen functional groups attached to an aromatic ring is 1. The second-order valence-electron chi connectivity index (χ2n) is 6.40. The maximum atomic E-state index is 11.9. The number of aromatic nitrogens is 4. The minimum Gasteiger partial charge on any atom is -0.390 e. The van der Waals surface area contributed by atoms with Gasteiger partial charge in [-0.3, -0.25) is 24.6 Å². The predicted molar refractivity (Wildman–Crippen MR) is 100 cm³/mol. The van der Waals surface area contributed by atoms with E-state index in [9.17, 15) is 28.5 Å². The quantitative estimate of drug-likeness (QED) is 0.170. The molecular formula is C10H17N6O13P3. The molecule has 22 heteroatoms. The number of hydrogen-bond donors (Lipinski definition) is 8. The molecule has 0 radical (unpaired) electrons. The minimum atomic E-state index is -5.71. The molecule has 1 aliphatic rings. The maximum Gasteiger partial charge on any atom is 0.490 e. The Hall–Kier alpha value is -1.56. The SMILES string of the molecule is Nc1nc2c(ncn2[C@@]2(N)C[C@H](O)[C@@H](COP(=O)(O)OP(=O)(O)OP(=O)(O)O)O2)c(=O)[nH]1. The summed E-state index contributed by atoms with van der Waals surface area (Å²) < 4.78 is 51.9. The highest BCUT2D eigenvalue weighted by molar-refractivity contribution is 7.66. The lowest BCUT2D eigenvalue weighted by Gasteiger charge is -2.26. The second kappa shape index (κ2) is 8.34. The summed E-state index contributed by atoms with van der Waals surface area (Å²) in [5, 5.41) is 10.2. The molecule has 0 aromatic carbocycles. The molecule has 1 aliphatic heterocycles. The number of H-pyrrole nitrogens is 1. The molecule has 3 rings (SSSR count). The van der Waals surface area contributed by atoms with E-state index in [4.69, 9.17) is 30.9 Å². The van der Waals surface area contributed by atoms with Gasteiger partial charge in [0.1, 0.15) is 12.4 Å². The van der Waals surface area contributed by atoms with E-state index < -0.39 is 53.7 Å². The van der Waals surface area contributed by atoms with E-state index in [1.54, 1.807) is 0 Å². The summed E-state index contributed by atoms with van der Waals surface area (Å²) in [6.07, 6.45) is -2.10. The van der Waals surface area contributed by atoms with Crippen LogP contribution in [0.1, 0.15) is 6.42 Å². The number of aliphatic hydroxyl groups is 1. The van der Waals surface area contributed by atoms with Gasteiger partial charge in [-0.1, -0.05) is 0 Å². The number of imidazole rings is 1. The van der Waals surface area contributed by atoms with E-state index in [-0.39, 0.29) is 23.5 Å². The van der Waals surface area contributed by atoms with Crippen molar-refractivity contribution in [3.8, 4) is 0 Å². The zero-order valence-electron chi connectivity index (χ0n) is 15.5. The van der Waals surface area contributed by atoms with E-state index in [1.165, 1.54) is 0 Å². The summed E-state index contributed by atoms with van der Waals surface area (Å²) >= 11 is 0. The highest BCUT2D eigenvalue weighted by atomic mass is 31.3. The van der Waals surface area contributed by atoms with Crippen molar-refractivity contribution in [3.63, 3.8) is 0 Å². The number of aromatic amines is 1. The Kier molecular flexibility index (Phi) is 6.53. The topological polar surface area (TPSA) is 305 Å². The lowest BCUT2D eigenvalue weighted by Crippen LogP contribution is -2.43. The first-order valence-electron chi connectivity index (χ1n) is 8.17. The molecule has 2 aromatic rings. The third-order valence-corrected chi connectivity index (χ3v) is 7.74. The van der Waals surface area contributed by atoms with Gasteiger partial charge in [0.15, 0.2) is 11.2 Å². The number of nitrogens with zero attached hydrogens (tertiary/aromatic N) is 3. The Morgan fingerprint density at radius 3 is 2.53 bits per heavy atom. The van der Waals surface area contributed by atoms with Gasteiger partial charge >= 0.3 is 23.5 Å². The largest absolute Gasteiger partial charge is 0.490 e. The number of phosphoric ester groups is 1. The van der Waals surface area contributed by atoms with Crippen LogP contribution in [0.25, 0.3) is 11.2 Å². The Morgan fingerprint density at radius 1 is 1.25 bits per heavy atom. The lowest BCUT2D eigenvalue weighted by molar-refractivity contribution is -0.110. The zero-order chi connectivity index (χ0) is 24.1. The van der Waals surface area contributed by atoms with Crippen LogP contribution in [0.2, 0.25) is 0 Å². The summed E-state index contributed by atoms with van der Waals surface area (Å²) in [5.74, 6) is -2.12. The Balaban J connectivity index is 1.73. The average molecular weight is 522 g/mol. The van der Waals surface area contributed by atoms with Crippen molar-refractivity contribution in [2.24, 2.45) is 5.73 Å². The fourth-order valence-corrected chi connectivity index (χ4v) is 5.82. The van der Waals surface area contributed by atoms with Crippen molar-refractivity contribution >= 4 is 40.6 Å². The van der Waals surface area contributed by atoms with Crippen molar-refractivity contribution in [3.05, 3.63) is 16.7 Å². The summed E-state index contributed by atoms with van der Waals surface area (Å²) in [7, 11) is -16.7. The van der Waals surface area contributed by atoms with Crippen molar-refractivity contribution in [2.75, 3.05) is 12.3 Å². The lowest BCUT2D eigenvalue weighted by atomic mass is 10.1. The molecule has 0 bridgehead atoms. The summed E-state index contributed by atoms with van der Waals surface area (Å²) in [4.78, 5) is 57.5.